The maximum absolute atomic E-state index is 14.0. The van der Waals surface area contributed by atoms with Crippen LogP contribution >= 0.6 is 0 Å². The number of esters is 1. The summed E-state index contributed by atoms with van der Waals surface area (Å²) in [5.74, 6) is -1.97. The molecule has 14 heteroatoms. The predicted molar refractivity (Wildman–Crippen MR) is 169 cm³/mol. The number of alkyl halides is 3. The number of aryl methyl sites for hydroxylation is 2. The van der Waals surface area contributed by atoms with Crippen LogP contribution in [-0.4, -0.2) is 47.0 Å². The molecule has 2 heterocycles. The molecule has 0 fully saturated rings. The number of aromatic nitrogens is 3. The van der Waals surface area contributed by atoms with Crippen molar-refractivity contribution < 1.29 is 37.0 Å². The first-order valence-corrected chi connectivity index (χ1v) is 14.2. The van der Waals surface area contributed by atoms with E-state index in [0.29, 0.717) is 45.5 Å². The van der Waals surface area contributed by atoms with Gasteiger partial charge in [0.1, 0.15) is 17.6 Å². The molecule has 47 heavy (non-hydrogen) atoms. The summed E-state index contributed by atoms with van der Waals surface area (Å²) < 4.78 is 55.8. The summed E-state index contributed by atoms with van der Waals surface area (Å²) in [5.41, 5.74) is 9.40. The highest BCUT2D eigenvalue weighted by molar-refractivity contribution is 5.94. The summed E-state index contributed by atoms with van der Waals surface area (Å²) >= 11 is 0. The average molecular weight is 649 g/mol. The van der Waals surface area contributed by atoms with E-state index in [4.69, 9.17) is 15.2 Å². The number of amides is 1. The largest absolute Gasteiger partial charge is 0.493 e. The number of fused-ring (bicyclic) bond motifs is 1. The molecular weight excluding hydrogens is 617 g/mol. The Balaban J connectivity index is 1.50. The molecular formula is C33H31F3N6O5. The van der Waals surface area contributed by atoms with E-state index in [0.717, 1.165) is 16.5 Å². The van der Waals surface area contributed by atoms with Crippen molar-refractivity contribution in [3.63, 3.8) is 0 Å². The number of nitrogens with one attached hydrogen (secondary N) is 2. The molecule has 0 bridgehead atoms. The zero-order chi connectivity index (χ0) is 33.9. The highest BCUT2D eigenvalue weighted by atomic mass is 19.4. The monoisotopic (exact) mass is 648 g/mol. The zero-order valence-corrected chi connectivity index (χ0v) is 25.8. The summed E-state index contributed by atoms with van der Waals surface area (Å²) in [7, 11) is 2.97. The molecule has 3 aromatic carbocycles. The van der Waals surface area contributed by atoms with E-state index in [9.17, 15) is 22.8 Å². The molecule has 0 aliphatic rings. The lowest BCUT2D eigenvalue weighted by Gasteiger charge is -2.22. The molecule has 0 radical (unpaired) electrons. The van der Waals surface area contributed by atoms with Gasteiger partial charge >= 0.3 is 12.1 Å². The minimum absolute atomic E-state index is 0.157. The number of hydrogen-bond donors (Lipinski definition) is 3. The maximum Gasteiger partial charge on any atom is 0.491 e. The van der Waals surface area contributed by atoms with Crippen LogP contribution in [0.25, 0.3) is 16.5 Å². The summed E-state index contributed by atoms with van der Waals surface area (Å²) in [6.45, 7) is 3.45. The second-order valence-electron chi connectivity index (χ2n) is 10.6. The number of rotatable bonds is 10. The summed E-state index contributed by atoms with van der Waals surface area (Å²) in [4.78, 5) is 29.7. The highest BCUT2D eigenvalue weighted by Gasteiger charge is 2.41. The van der Waals surface area contributed by atoms with Crippen LogP contribution in [0.1, 0.15) is 28.6 Å². The Morgan fingerprint density at radius 1 is 0.957 bits per heavy atom. The molecule has 0 saturated carbocycles. The van der Waals surface area contributed by atoms with Gasteiger partial charge < -0.3 is 30.6 Å². The average Bonchev–Trinajstić information content (AvgIpc) is 3.38. The standard InChI is InChI=1S/C33H31F3N6O5/c1-18-13-19(2)42(41-18)26-9-7-24(47-32(44)33(34,35)36)15-22(26)17-39-31(43)29(21-5-10-27(45-3)28(16-21)46-4)40-23-6-8-25-20(14-23)11-12-38-30(25)37/h5-16,29,40H,17H2,1-4H3,(H2,37,38)(H,39,43). The van der Waals surface area contributed by atoms with E-state index in [-0.39, 0.29) is 12.3 Å². The first-order chi connectivity index (χ1) is 22.4. The molecule has 1 unspecified atom stereocenters. The van der Waals surface area contributed by atoms with Gasteiger partial charge in [0.15, 0.2) is 11.5 Å². The van der Waals surface area contributed by atoms with Crippen molar-refractivity contribution >= 4 is 34.2 Å². The van der Waals surface area contributed by atoms with Crippen molar-refractivity contribution in [2.75, 3.05) is 25.3 Å². The van der Waals surface area contributed by atoms with E-state index in [1.807, 2.05) is 19.1 Å². The summed E-state index contributed by atoms with van der Waals surface area (Å²) in [5, 5.41) is 12.1. The summed E-state index contributed by atoms with van der Waals surface area (Å²) in [6, 6.07) is 17.0. The third-order valence-corrected chi connectivity index (χ3v) is 7.29. The Morgan fingerprint density at radius 2 is 1.72 bits per heavy atom. The quantitative estimate of drug-likeness (QED) is 0.131. The second-order valence-corrected chi connectivity index (χ2v) is 10.6. The SMILES string of the molecule is COc1ccc(C(Nc2ccc3c(N)nccc3c2)C(=O)NCc2cc(OC(=O)C(F)(F)F)ccc2-n2nc(C)cc2C)cc1OC. The lowest BCUT2D eigenvalue weighted by Crippen LogP contribution is -2.33. The van der Waals surface area contributed by atoms with Crippen molar-refractivity contribution in [1.82, 2.24) is 20.1 Å². The van der Waals surface area contributed by atoms with E-state index in [2.05, 4.69) is 25.5 Å². The van der Waals surface area contributed by atoms with Crippen LogP contribution in [-0.2, 0) is 16.1 Å². The van der Waals surface area contributed by atoms with Gasteiger partial charge in [-0.2, -0.15) is 18.3 Å². The van der Waals surface area contributed by atoms with Crippen LogP contribution in [0.3, 0.4) is 0 Å². The Labute approximate surface area is 267 Å². The number of carbonyl (C=O) groups excluding carboxylic acids is 2. The number of halogens is 3. The lowest BCUT2D eigenvalue weighted by molar-refractivity contribution is -0.189. The fraction of sp³-hybridized carbons (Fsp3) is 0.212. The van der Waals surface area contributed by atoms with Crippen molar-refractivity contribution in [1.29, 1.82) is 0 Å². The van der Waals surface area contributed by atoms with Crippen LogP contribution in [0.5, 0.6) is 17.2 Å². The first-order valence-electron chi connectivity index (χ1n) is 14.2. The van der Waals surface area contributed by atoms with Gasteiger partial charge in [0.2, 0.25) is 5.91 Å². The first kappa shape index (κ1) is 32.6. The van der Waals surface area contributed by atoms with Crippen molar-refractivity contribution in [2.24, 2.45) is 0 Å². The third-order valence-electron chi connectivity index (χ3n) is 7.29. The third kappa shape index (κ3) is 7.21. The van der Waals surface area contributed by atoms with Crippen LogP contribution in [0, 0.1) is 13.8 Å². The molecule has 4 N–H and O–H groups in total. The molecule has 1 amide bonds. The fourth-order valence-electron chi connectivity index (χ4n) is 5.09. The number of pyridine rings is 1. The zero-order valence-electron chi connectivity index (χ0n) is 25.8. The molecule has 0 aliphatic heterocycles. The number of nitrogens with two attached hydrogens (primary N) is 1. The van der Waals surface area contributed by atoms with Gasteiger partial charge in [0.05, 0.1) is 25.6 Å². The highest BCUT2D eigenvalue weighted by Crippen LogP contribution is 2.33. The molecule has 0 saturated heterocycles. The van der Waals surface area contributed by atoms with Crippen molar-refractivity contribution in [2.45, 2.75) is 32.6 Å². The topological polar surface area (TPSA) is 143 Å². The molecule has 2 aromatic heterocycles. The molecule has 1 atom stereocenters. The number of hydrogen-bond acceptors (Lipinski definition) is 9. The van der Waals surface area contributed by atoms with Crippen LogP contribution < -0.4 is 30.6 Å². The molecule has 0 aliphatic carbocycles. The number of nitrogens with zero attached hydrogens (tertiary/aromatic N) is 3. The van der Waals surface area contributed by atoms with E-state index in [1.54, 1.807) is 54.2 Å². The molecule has 0 spiro atoms. The summed E-state index contributed by atoms with van der Waals surface area (Å²) in [6.07, 6.45) is -3.60. The van der Waals surface area contributed by atoms with Crippen molar-refractivity contribution in [3.8, 4) is 22.9 Å². The van der Waals surface area contributed by atoms with Crippen molar-refractivity contribution in [3.05, 3.63) is 95.4 Å². The minimum Gasteiger partial charge on any atom is -0.493 e. The Bertz CT molecular complexity index is 1960. The Hall–Kier alpha value is -5.79. The van der Waals surface area contributed by atoms with E-state index >= 15 is 0 Å². The smallest absolute Gasteiger partial charge is 0.491 e. The normalized spacial score (nSPS) is 12.0. The second kappa shape index (κ2) is 13.3. The Kier molecular flexibility index (Phi) is 9.22. The van der Waals surface area contributed by atoms with E-state index < -0.39 is 24.1 Å². The molecule has 11 nitrogen and oxygen atoms in total. The van der Waals surface area contributed by atoms with Crippen LogP contribution in [0.15, 0.2) is 72.9 Å². The fourth-order valence-corrected chi connectivity index (χ4v) is 5.09. The van der Waals surface area contributed by atoms with Gasteiger partial charge in [0.25, 0.3) is 0 Å². The number of benzene rings is 3. The molecule has 244 valence electrons. The van der Waals surface area contributed by atoms with Gasteiger partial charge in [-0.3, -0.25) is 4.79 Å². The van der Waals surface area contributed by atoms with Gasteiger partial charge in [-0.1, -0.05) is 6.07 Å². The number of methoxy groups -OCH3 is 2. The lowest BCUT2D eigenvalue weighted by atomic mass is 10.0. The molecule has 5 rings (SSSR count). The minimum atomic E-state index is -5.19. The van der Waals surface area contributed by atoms with Gasteiger partial charge in [0, 0.05) is 35.1 Å². The Morgan fingerprint density at radius 3 is 2.40 bits per heavy atom. The molecule has 5 aromatic rings. The van der Waals surface area contributed by atoms with Gasteiger partial charge in [-0.15, -0.1) is 0 Å². The number of ether oxygens (including phenoxy) is 3. The number of nitrogen functional groups attached to an aromatic ring is 1. The van der Waals surface area contributed by atoms with Gasteiger partial charge in [-0.25, -0.2) is 14.5 Å². The van der Waals surface area contributed by atoms with Crippen LogP contribution in [0.4, 0.5) is 24.7 Å². The predicted octanol–water partition coefficient (Wildman–Crippen LogP) is 5.57. The number of carbonyl (C=O) groups is 2. The maximum atomic E-state index is 14.0. The van der Waals surface area contributed by atoms with Crippen LogP contribution in [0.2, 0.25) is 0 Å². The number of anilines is 2. The van der Waals surface area contributed by atoms with Gasteiger partial charge in [-0.05, 0) is 85.5 Å². The van der Waals surface area contributed by atoms with E-state index in [1.165, 1.54) is 32.4 Å².